The van der Waals surface area contributed by atoms with E-state index in [1.165, 1.54) is 12.1 Å². The van der Waals surface area contributed by atoms with Crippen LogP contribution >= 0.6 is 0 Å². The quantitative estimate of drug-likeness (QED) is 0.503. The van der Waals surface area contributed by atoms with Gasteiger partial charge < -0.3 is 5.32 Å². The Morgan fingerprint density at radius 3 is 2.48 bits per heavy atom. The molecule has 4 aromatic rings. The Kier molecular flexibility index (Phi) is 5.40. The van der Waals surface area contributed by atoms with Crippen molar-refractivity contribution in [2.45, 2.75) is 13.0 Å². The van der Waals surface area contributed by atoms with Gasteiger partial charge in [-0.2, -0.15) is 4.68 Å². The van der Waals surface area contributed by atoms with Gasteiger partial charge in [-0.3, -0.25) is 9.69 Å². The Bertz CT molecular complexity index is 1320. The Morgan fingerprint density at radius 2 is 1.73 bits per heavy atom. The van der Waals surface area contributed by atoms with Crippen molar-refractivity contribution in [3.05, 3.63) is 107 Å². The molecule has 1 aliphatic heterocycles. The summed E-state index contributed by atoms with van der Waals surface area (Å²) in [7, 11) is 0. The highest BCUT2D eigenvalue weighted by Crippen LogP contribution is 2.36. The number of rotatable bonds is 5. The van der Waals surface area contributed by atoms with Gasteiger partial charge in [-0.05, 0) is 46.7 Å². The molecule has 33 heavy (non-hydrogen) atoms. The number of benzene rings is 3. The summed E-state index contributed by atoms with van der Waals surface area (Å²) in [6, 6.07) is 23.8. The Labute approximate surface area is 190 Å². The Morgan fingerprint density at radius 1 is 1.00 bits per heavy atom. The molecule has 2 heterocycles. The van der Waals surface area contributed by atoms with Crippen LogP contribution in [-0.4, -0.2) is 32.7 Å². The van der Waals surface area contributed by atoms with Gasteiger partial charge in [0.05, 0.1) is 11.4 Å². The van der Waals surface area contributed by atoms with Crippen LogP contribution in [0.1, 0.15) is 22.7 Å². The van der Waals surface area contributed by atoms with E-state index < -0.39 is 5.82 Å². The maximum atomic E-state index is 14.1. The number of carbonyl (C=O) groups is 1. The standard InChI is InChI=1S/C25H21FN6O/c1-17-11-13-19(14-12-17)23-15-22(18-7-3-2-4-8-18)31(25-28-29-30-32(23)25)16-24(33)27-21-10-6-5-9-20(21)26/h2-15,23H,16H2,1H3,(H,27,33)/t23-/m0/s1. The first-order valence-electron chi connectivity index (χ1n) is 10.5. The zero-order chi connectivity index (χ0) is 22.8. The van der Waals surface area contributed by atoms with Gasteiger partial charge in [0.1, 0.15) is 18.4 Å². The molecule has 0 saturated heterocycles. The maximum Gasteiger partial charge on any atom is 0.251 e. The molecule has 0 radical (unpaired) electrons. The fraction of sp³-hybridized carbons (Fsp3) is 0.120. The first-order chi connectivity index (χ1) is 16.1. The van der Waals surface area contributed by atoms with E-state index in [2.05, 4.69) is 20.8 Å². The molecule has 1 N–H and O–H groups in total. The second kappa shape index (κ2) is 8.66. The molecule has 0 spiro atoms. The minimum absolute atomic E-state index is 0.0872. The number of amides is 1. The molecule has 5 rings (SSSR count). The van der Waals surface area contributed by atoms with Gasteiger partial charge in [-0.25, -0.2) is 4.39 Å². The lowest BCUT2D eigenvalue weighted by atomic mass is 10.00. The van der Waals surface area contributed by atoms with Crippen LogP contribution in [0, 0.1) is 12.7 Å². The number of nitrogens with one attached hydrogen (secondary N) is 1. The van der Waals surface area contributed by atoms with Crippen LogP contribution in [0.25, 0.3) is 5.70 Å². The van der Waals surface area contributed by atoms with Crippen molar-refractivity contribution in [3.8, 4) is 0 Å². The Balaban J connectivity index is 1.53. The number of aromatic nitrogens is 4. The van der Waals surface area contributed by atoms with E-state index in [0.717, 1.165) is 22.4 Å². The van der Waals surface area contributed by atoms with E-state index in [-0.39, 0.29) is 24.2 Å². The zero-order valence-electron chi connectivity index (χ0n) is 17.9. The highest BCUT2D eigenvalue weighted by molar-refractivity contribution is 5.97. The van der Waals surface area contributed by atoms with Crippen LogP contribution in [0.5, 0.6) is 0 Å². The minimum Gasteiger partial charge on any atom is -0.322 e. The van der Waals surface area contributed by atoms with Crippen molar-refractivity contribution in [2.75, 3.05) is 16.8 Å². The molecule has 1 atom stereocenters. The number of anilines is 2. The van der Waals surface area contributed by atoms with E-state index in [9.17, 15) is 9.18 Å². The minimum atomic E-state index is -0.493. The van der Waals surface area contributed by atoms with Gasteiger partial charge in [0, 0.05) is 0 Å². The fourth-order valence-corrected chi connectivity index (χ4v) is 3.88. The van der Waals surface area contributed by atoms with Crippen molar-refractivity contribution in [2.24, 2.45) is 0 Å². The molecule has 1 aliphatic rings. The summed E-state index contributed by atoms with van der Waals surface area (Å²) in [4.78, 5) is 14.7. The number of hydrogen-bond acceptors (Lipinski definition) is 5. The highest BCUT2D eigenvalue weighted by Gasteiger charge is 2.32. The molecule has 0 aliphatic carbocycles. The Hall–Kier alpha value is -4.33. The van der Waals surface area contributed by atoms with Gasteiger partial charge in [0.25, 0.3) is 5.95 Å². The van der Waals surface area contributed by atoms with E-state index in [0.29, 0.717) is 5.95 Å². The van der Waals surface area contributed by atoms with E-state index in [1.807, 2.05) is 67.6 Å². The summed E-state index contributed by atoms with van der Waals surface area (Å²) in [5.74, 6) is -0.441. The topological polar surface area (TPSA) is 75.9 Å². The molecule has 0 bridgehead atoms. The van der Waals surface area contributed by atoms with Crippen molar-refractivity contribution in [1.29, 1.82) is 0 Å². The van der Waals surface area contributed by atoms with E-state index >= 15 is 0 Å². The molecule has 7 nitrogen and oxygen atoms in total. The number of hydrogen-bond donors (Lipinski definition) is 1. The fourth-order valence-electron chi connectivity index (χ4n) is 3.88. The number of halogens is 1. The third-order valence-electron chi connectivity index (χ3n) is 5.52. The maximum absolute atomic E-state index is 14.1. The lowest BCUT2D eigenvalue weighted by Crippen LogP contribution is -2.37. The average molecular weight is 440 g/mol. The van der Waals surface area contributed by atoms with Gasteiger partial charge in [0.2, 0.25) is 5.91 Å². The average Bonchev–Trinajstić information content (AvgIpc) is 3.32. The zero-order valence-corrected chi connectivity index (χ0v) is 17.9. The summed E-state index contributed by atoms with van der Waals surface area (Å²) >= 11 is 0. The molecular weight excluding hydrogens is 419 g/mol. The second-order valence-corrected chi connectivity index (χ2v) is 7.81. The van der Waals surface area contributed by atoms with Crippen LogP contribution in [-0.2, 0) is 4.79 Å². The predicted molar refractivity (Wildman–Crippen MR) is 124 cm³/mol. The number of tetrazole rings is 1. The van der Waals surface area contributed by atoms with Crippen molar-refractivity contribution < 1.29 is 9.18 Å². The lowest BCUT2D eigenvalue weighted by Gasteiger charge is -2.32. The summed E-state index contributed by atoms with van der Waals surface area (Å²) < 4.78 is 15.7. The molecule has 3 aromatic carbocycles. The highest BCUT2D eigenvalue weighted by atomic mass is 19.1. The van der Waals surface area contributed by atoms with E-state index in [4.69, 9.17) is 0 Å². The number of carbonyl (C=O) groups excluding carboxylic acids is 1. The normalized spacial score (nSPS) is 15.0. The van der Waals surface area contributed by atoms with Crippen LogP contribution in [0.4, 0.5) is 16.0 Å². The molecule has 0 unspecified atom stereocenters. The molecule has 8 heteroatoms. The number of fused-ring (bicyclic) bond motifs is 1. The molecule has 0 fully saturated rings. The number of para-hydroxylation sites is 1. The molecular formula is C25H21FN6O. The number of allylic oxidation sites excluding steroid dienone is 1. The summed E-state index contributed by atoms with van der Waals surface area (Å²) in [5, 5.41) is 14.9. The molecule has 1 aromatic heterocycles. The third-order valence-corrected chi connectivity index (χ3v) is 5.52. The van der Waals surface area contributed by atoms with Crippen LogP contribution in [0.15, 0.2) is 84.9 Å². The molecule has 1 amide bonds. The summed E-state index contributed by atoms with van der Waals surface area (Å²) in [5.41, 5.74) is 4.03. The van der Waals surface area contributed by atoms with Crippen LogP contribution in [0.3, 0.4) is 0 Å². The molecule has 0 saturated carbocycles. The largest absolute Gasteiger partial charge is 0.322 e. The van der Waals surface area contributed by atoms with Crippen molar-refractivity contribution in [1.82, 2.24) is 20.2 Å². The van der Waals surface area contributed by atoms with Gasteiger partial charge in [0.15, 0.2) is 0 Å². The summed E-state index contributed by atoms with van der Waals surface area (Å²) in [6.07, 6.45) is 2.04. The monoisotopic (exact) mass is 440 g/mol. The first kappa shape index (κ1) is 20.6. The number of nitrogens with zero attached hydrogens (tertiary/aromatic N) is 5. The van der Waals surface area contributed by atoms with Gasteiger partial charge in [-0.1, -0.05) is 77.4 Å². The smallest absolute Gasteiger partial charge is 0.251 e. The molecule has 164 valence electrons. The van der Waals surface area contributed by atoms with Crippen molar-refractivity contribution >= 4 is 23.2 Å². The first-order valence-corrected chi connectivity index (χ1v) is 10.5. The predicted octanol–water partition coefficient (Wildman–Crippen LogP) is 4.21. The van der Waals surface area contributed by atoms with Crippen LogP contribution < -0.4 is 10.2 Å². The van der Waals surface area contributed by atoms with Gasteiger partial charge in [-0.15, -0.1) is 0 Å². The van der Waals surface area contributed by atoms with Crippen molar-refractivity contribution in [3.63, 3.8) is 0 Å². The van der Waals surface area contributed by atoms with E-state index in [1.54, 1.807) is 21.7 Å². The SMILES string of the molecule is Cc1ccc([C@@H]2C=C(c3ccccc3)N(CC(=O)Nc3ccccc3F)c3nnnn32)cc1. The third kappa shape index (κ3) is 4.10. The number of aryl methyl sites for hydroxylation is 1. The summed E-state index contributed by atoms with van der Waals surface area (Å²) in [6.45, 7) is 1.95. The van der Waals surface area contributed by atoms with Gasteiger partial charge >= 0.3 is 0 Å². The van der Waals surface area contributed by atoms with Crippen LogP contribution in [0.2, 0.25) is 0 Å². The lowest BCUT2D eigenvalue weighted by molar-refractivity contribution is -0.114. The second-order valence-electron chi connectivity index (χ2n) is 7.81.